The summed E-state index contributed by atoms with van der Waals surface area (Å²) in [5.41, 5.74) is 8.80. The minimum absolute atomic E-state index is 0.0503. The number of nitrogen functional groups attached to an aromatic ring is 1. The number of benzene rings is 2. The van der Waals surface area contributed by atoms with Gasteiger partial charge < -0.3 is 20.9 Å². The maximum Gasteiger partial charge on any atom is 0.224 e. The van der Waals surface area contributed by atoms with E-state index in [9.17, 15) is 4.79 Å². The Morgan fingerprint density at radius 1 is 1.26 bits per heavy atom. The van der Waals surface area contributed by atoms with Gasteiger partial charge in [-0.2, -0.15) is 9.97 Å². The number of hydrogen-bond acceptors (Lipinski definition) is 8. The van der Waals surface area contributed by atoms with Crippen LogP contribution in [0.3, 0.4) is 0 Å². The zero-order chi connectivity index (χ0) is 21.8. The third kappa shape index (κ3) is 4.90. The first-order valence-electron chi connectivity index (χ1n) is 9.90. The van der Waals surface area contributed by atoms with Crippen molar-refractivity contribution in [2.45, 2.75) is 31.2 Å². The summed E-state index contributed by atoms with van der Waals surface area (Å²) in [4.78, 5) is 24.9. The van der Waals surface area contributed by atoms with Gasteiger partial charge in [-0.25, -0.2) is 4.98 Å². The fourth-order valence-electron chi connectivity index (χ4n) is 3.52. The zero-order valence-corrected chi connectivity index (χ0v) is 18.3. The highest BCUT2D eigenvalue weighted by molar-refractivity contribution is 7.99. The van der Waals surface area contributed by atoms with Crippen molar-refractivity contribution in [3.8, 4) is 11.4 Å². The van der Waals surface area contributed by atoms with E-state index < -0.39 is 0 Å². The van der Waals surface area contributed by atoms with E-state index in [1.54, 1.807) is 0 Å². The lowest BCUT2D eigenvalue weighted by atomic mass is 9.94. The second-order valence-electron chi connectivity index (χ2n) is 7.05. The molecular weight excluding hydrogens is 438 g/mol. The molecule has 2 heterocycles. The van der Waals surface area contributed by atoms with Gasteiger partial charge in [-0.15, -0.1) is 0 Å². The van der Waals surface area contributed by atoms with Crippen LogP contribution in [0.2, 0.25) is 5.02 Å². The molecular formula is C21H22ClN5O3S. The predicted molar refractivity (Wildman–Crippen MR) is 121 cm³/mol. The summed E-state index contributed by atoms with van der Waals surface area (Å²) >= 11 is 7.96. The number of ether oxygens (including phenoxy) is 1. The maximum absolute atomic E-state index is 11.8. The Morgan fingerprint density at radius 2 is 2.10 bits per heavy atom. The van der Waals surface area contributed by atoms with Gasteiger partial charge in [0.25, 0.3) is 0 Å². The SMILES string of the molecule is Nc1nc(SCCC(=O)NCCCO)nc(-c2c(Cl)cc3c4c(cccc24)COC3)n1. The molecule has 4 N–H and O–H groups in total. The highest BCUT2D eigenvalue weighted by Gasteiger charge is 2.21. The number of nitrogens with one attached hydrogen (secondary N) is 1. The Balaban J connectivity index is 1.60. The Bertz CT molecular complexity index is 1130. The molecule has 1 aliphatic heterocycles. The Hall–Kier alpha value is -2.46. The average Bonchev–Trinajstić information content (AvgIpc) is 2.74. The van der Waals surface area contributed by atoms with E-state index in [-0.39, 0.29) is 18.5 Å². The molecule has 3 aromatic rings. The number of aliphatic hydroxyl groups excluding tert-OH is 1. The Morgan fingerprint density at radius 3 is 2.94 bits per heavy atom. The summed E-state index contributed by atoms with van der Waals surface area (Å²) in [6.07, 6.45) is 0.840. The van der Waals surface area contributed by atoms with Gasteiger partial charge in [-0.3, -0.25) is 4.79 Å². The van der Waals surface area contributed by atoms with E-state index >= 15 is 0 Å². The van der Waals surface area contributed by atoms with Crippen molar-refractivity contribution in [1.82, 2.24) is 20.3 Å². The van der Waals surface area contributed by atoms with E-state index in [2.05, 4.69) is 20.3 Å². The van der Waals surface area contributed by atoms with Crippen LogP contribution >= 0.6 is 23.4 Å². The van der Waals surface area contributed by atoms with Gasteiger partial charge in [-0.05, 0) is 34.4 Å². The topological polar surface area (TPSA) is 123 Å². The summed E-state index contributed by atoms with van der Waals surface area (Å²) in [7, 11) is 0. The highest BCUT2D eigenvalue weighted by atomic mass is 35.5. The minimum Gasteiger partial charge on any atom is -0.396 e. The number of rotatable bonds is 8. The molecule has 8 nitrogen and oxygen atoms in total. The van der Waals surface area contributed by atoms with Gasteiger partial charge in [0, 0.05) is 30.9 Å². The van der Waals surface area contributed by atoms with Crippen LogP contribution in [0, 0.1) is 0 Å². The summed E-state index contributed by atoms with van der Waals surface area (Å²) in [6.45, 7) is 1.56. The fraction of sp³-hybridized carbons (Fsp3) is 0.333. The van der Waals surface area contributed by atoms with E-state index in [4.69, 9.17) is 27.2 Å². The van der Waals surface area contributed by atoms with E-state index in [0.717, 1.165) is 21.9 Å². The van der Waals surface area contributed by atoms with Crippen LogP contribution < -0.4 is 11.1 Å². The lowest BCUT2D eigenvalue weighted by Gasteiger charge is -2.20. The highest BCUT2D eigenvalue weighted by Crippen LogP contribution is 2.39. The Kier molecular flexibility index (Phi) is 6.86. The molecule has 0 aliphatic carbocycles. The second-order valence-corrected chi connectivity index (χ2v) is 8.52. The zero-order valence-electron chi connectivity index (χ0n) is 16.7. The van der Waals surface area contributed by atoms with Crippen LogP contribution in [-0.2, 0) is 22.7 Å². The standard InChI is InChI=1S/C21H22ClN5O3S/c22-15-9-13-11-30-10-12-3-1-4-14(17(12)13)18(15)19-25-20(23)27-21(26-19)31-8-5-16(29)24-6-2-7-28/h1,3-4,9,28H,2,5-8,10-11H2,(H,24,29)(H2,23,25,26,27). The molecule has 0 spiro atoms. The minimum atomic E-state index is -0.0861. The molecule has 2 aromatic carbocycles. The molecule has 0 saturated heterocycles. The summed E-state index contributed by atoms with van der Waals surface area (Å²) in [6, 6.07) is 7.90. The second kappa shape index (κ2) is 9.78. The molecule has 0 atom stereocenters. The number of hydrogen-bond donors (Lipinski definition) is 3. The van der Waals surface area contributed by atoms with Gasteiger partial charge in [0.15, 0.2) is 11.0 Å². The van der Waals surface area contributed by atoms with E-state index in [1.165, 1.54) is 11.8 Å². The molecule has 1 aromatic heterocycles. The summed E-state index contributed by atoms with van der Waals surface area (Å²) in [5, 5.41) is 14.6. The number of halogens is 1. The number of aromatic nitrogens is 3. The number of nitrogens with two attached hydrogens (primary N) is 1. The number of nitrogens with zero attached hydrogens (tertiary/aromatic N) is 3. The monoisotopic (exact) mass is 459 g/mol. The average molecular weight is 460 g/mol. The third-order valence-electron chi connectivity index (χ3n) is 4.87. The van der Waals surface area contributed by atoms with Gasteiger partial charge in [0.1, 0.15) is 0 Å². The van der Waals surface area contributed by atoms with Crippen molar-refractivity contribution < 1.29 is 14.6 Å². The van der Waals surface area contributed by atoms with Gasteiger partial charge in [0.2, 0.25) is 11.9 Å². The summed E-state index contributed by atoms with van der Waals surface area (Å²) in [5.74, 6) is 0.905. The van der Waals surface area contributed by atoms with Crippen molar-refractivity contribution in [2.24, 2.45) is 0 Å². The van der Waals surface area contributed by atoms with Crippen molar-refractivity contribution in [3.63, 3.8) is 0 Å². The van der Waals surface area contributed by atoms with Crippen LogP contribution in [-0.4, -0.2) is 44.9 Å². The fourth-order valence-corrected chi connectivity index (χ4v) is 4.62. The molecule has 0 fully saturated rings. The number of carbonyl (C=O) groups excluding carboxylic acids is 1. The van der Waals surface area contributed by atoms with Crippen molar-refractivity contribution in [1.29, 1.82) is 0 Å². The van der Waals surface area contributed by atoms with Crippen molar-refractivity contribution in [2.75, 3.05) is 24.6 Å². The smallest absolute Gasteiger partial charge is 0.224 e. The quantitative estimate of drug-likeness (QED) is 0.347. The van der Waals surface area contributed by atoms with E-state index in [0.29, 0.717) is 59.9 Å². The number of aliphatic hydroxyl groups is 1. The van der Waals surface area contributed by atoms with Crippen LogP contribution in [0.25, 0.3) is 22.2 Å². The first kappa shape index (κ1) is 21.8. The Labute approximate surface area is 188 Å². The van der Waals surface area contributed by atoms with Gasteiger partial charge in [-0.1, -0.05) is 41.6 Å². The van der Waals surface area contributed by atoms with Gasteiger partial charge >= 0.3 is 0 Å². The van der Waals surface area contributed by atoms with Crippen molar-refractivity contribution in [3.05, 3.63) is 40.4 Å². The van der Waals surface area contributed by atoms with Gasteiger partial charge in [0.05, 0.1) is 18.2 Å². The first-order chi connectivity index (χ1) is 15.1. The molecule has 1 amide bonds. The lowest BCUT2D eigenvalue weighted by Crippen LogP contribution is -2.25. The number of amides is 1. The molecule has 0 saturated carbocycles. The molecule has 10 heteroatoms. The summed E-state index contributed by atoms with van der Waals surface area (Å²) < 4.78 is 5.65. The van der Waals surface area contributed by atoms with Crippen LogP contribution in [0.4, 0.5) is 5.95 Å². The van der Waals surface area contributed by atoms with Crippen LogP contribution in [0.5, 0.6) is 0 Å². The molecule has 31 heavy (non-hydrogen) atoms. The van der Waals surface area contributed by atoms with Crippen LogP contribution in [0.15, 0.2) is 29.4 Å². The van der Waals surface area contributed by atoms with Crippen molar-refractivity contribution >= 4 is 46.0 Å². The largest absolute Gasteiger partial charge is 0.396 e. The molecule has 0 bridgehead atoms. The van der Waals surface area contributed by atoms with E-state index in [1.807, 2.05) is 24.3 Å². The molecule has 1 aliphatic rings. The third-order valence-corrected chi connectivity index (χ3v) is 6.02. The molecule has 0 unspecified atom stereocenters. The lowest BCUT2D eigenvalue weighted by molar-refractivity contribution is -0.120. The van der Waals surface area contributed by atoms with Crippen LogP contribution in [0.1, 0.15) is 24.0 Å². The molecule has 0 radical (unpaired) electrons. The maximum atomic E-state index is 11.8. The first-order valence-corrected chi connectivity index (χ1v) is 11.3. The normalized spacial score (nSPS) is 12.8. The molecule has 162 valence electrons. The number of thioether (sulfide) groups is 1. The number of anilines is 1. The predicted octanol–water partition coefficient (Wildman–Crippen LogP) is 2.94. The number of carbonyl (C=O) groups is 1. The molecule has 4 rings (SSSR count).